The number of halogens is 2. The Kier molecular flexibility index (Phi) is 4.47. The second-order valence-electron chi connectivity index (χ2n) is 4.13. The van der Waals surface area contributed by atoms with E-state index in [9.17, 15) is 4.79 Å². The molecule has 0 N–H and O–H groups in total. The molecule has 0 saturated heterocycles. The van der Waals surface area contributed by atoms with Crippen LogP contribution < -0.4 is 0 Å². The maximum Gasteiger partial charge on any atom is 0.196 e. The monoisotopic (exact) mass is 310 g/mol. The van der Waals surface area contributed by atoms with Crippen LogP contribution in [0.4, 0.5) is 0 Å². The van der Waals surface area contributed by atoms with Crippen molar-refractivity contribution in [2.45, 2.75) is 0 Å². The number of nitrogens with zero attached hydrogens (tertiary/aromatic N) is 2. The fraction of sp³-hybridized carbons (Fsp3) is 0.143. The van der Waals surface area contributed by atoms with Crippen molar-refractivity contribution in [3.63, 3.8) is 0 Å². The molecule has 2 aromatic rings. The minimum absolute atomic E-state index is 0.167. The molecule has 0 saturated carbocycles. The molecule has 2 rings (SSSR count). The summed E-state index contributed by atoms with van der Waals surface area (Å²) in [5, 5.41) is 4.50. The van der Waals surface area contributed by atoms with Gasteiger partial charge in [0.25, 0.3) is 0 Å². The molecule has 0 aliphatic rings. The summed E-state index contributed by atoms with van der Waals surface area (Å²) >= 11 is 11.9. The number of aryl methyl sites for hydroxylation is 1. The number of aromatic nitrogens is 1. The molecule has 0 fully saturated rings. The quantitative estimate of drug-likeness (QED) is 0.492. The van der Waals surface area contributed by atoms with Gasteiger partial charge in [0, 0.05) is 29.4 Å². The molecule has 0 radical (unpaired) electrons. The number of hydrogen-bond acceptors (Lipinski definition) is 3. The highest BCUT2D eigenvalue weighted by molar-refractivity contribution is 6.37. The van der Waals surface area contributed by atoms with Gasteiger partial charge in [0.05, 0.1) is 16.9 Å². The Hall–Kier alpha value is -1.78. The van der Waals surface area contributed by atoms with Crippen molar-refractivity contribution in [3.05, 3.63) is 57.3 Å². The Morgan fingerprint density at radius 3 is 2.75 bits per heavy atom. The van der Waals surface area contributed by atoms with E-state index in [1.807, 2.05) is 7.05 Å². The van der Waals surface area contributed by atoms with Crippen LogP contribution in [-0.2, 0) is 11.9 Å². The van der Waals surface area contributed by atoms with Crippen LogP contribution in [0.15, 0.2) is 35.6 Å². The summed E-state index contributed by atoms with van der Waals surface area (Å²) in [7, 11) is 3.27. The average Bonchev–Trinajstić information content (AvgIpc) is 2.77. The largest absolute Gasteiger partial charge is 0.399 e. The lowest BCUT2D eigenvalue weighted by atomic mass is 10.1. The Morgan fingerprint density at radius 2 is 2.10 bits per heavy atom. The third-order valence-corrected chi connectivity index (χ3v) is 3.32. The second-order valence-corrected chi connectivity index (χ2v) is 4.98. The molecule has 4 nitrogen and oxygen atoms in total. The molecule has 0 amide bonds. The minimum Gasteiger partial charge on any atom is -0.399 e. The van der Waals surface area contributed by atoms with Crippen molar-refractivity contribution >= 4 is 35.2 Å². The number of carbonyl (C=O) groups is 1. The maximum absolute atomic E-state index is 12.4. The zero-order valence-electron chi connectivity index (χ0n) is 10.9. The third kappa shape index (κ3) is 3.03. The van der Waals surface area contributed by atoms with Gasteiger partial charge in [0.2, 0.25) is 0 Å². The van der Waals surface area contributed by atoms with Gasteiger partial charge in [-0.2, -0.15) is 0 Å². The molecule has 6 heteroatoms. The lowest BCUT2D eigenvalue weighted by Gasteiger charge is -2.02. The molecule has 1 heterocycles. The Bertz CT molecular complexity index is 678. The first kappa shape index (κ1) is 14.6. The van der Waals surface area contributed by atoms with Gasteiger partial charge in [-0.3, -0.25) is 4.79 Å². The maximum atomic E-state index is 12.4. The topological polar surface area (TPSA) is 43.6 Å². The fourth-order valence-electron chi connectivity index (χ4n) is 1.77. The SMILES string of the molecule is CO/N=C\c1cc(C(=O)c2ccc(Cl)cc2Cl)cn1C. The summed E-state index contributed by atoms with van der Waals surface area (Å²) < 4.78 is 1.78. The zero-order valence-corrected chi connectivity index (χ0v) is 12.4. The number of oxime groups is 1. The van der Waals surface area contributed by atoms with Gasteiger partial charge in [-0.25, -0.2) is 0 Å². The summed E-state index contributed by atoms with van der Waals surface area (Å²) in [6.45, 7) is 0. The number of carbonyl (C=O) groups excluding carboxylic acids is 1. The van der Waals surface area contributed by atoms with E-state index in [1.54, 1.807) is 35.0 Å². The minimum atomic E-state index is -0.167. The van der Waals surface area contributed by atoms with Gasteiger partial charge in [-0.05, 0) is 24.3 Å². The first-order chi connectivity index (χ1) is 9.52. The highest BCUT2D eigenvalue weighted by Crippen LogP contribution is 2.24. The van der Waals surface area contributed by atoms with Crippen LogP contribution >= 0.6 is 23.2 Å². The molecule has 0 unspecified atom stereocenters. The molecule has 1 aromatic heterocycles. The van der Waals surface area contributed by atoms with Gasteiger partial charge in [0.15, 0.2) is 5.78 Å². The molecule has 0 spiro atoms. The van der Waals surface area contributed by atoms with E-state index in [2.05, 4.69) is 9.99 Å². The van der Waals surface area contributed by atoms with E-state index >= 15 is 0 Å². The van der Waals surface area contributed by atoms with E-state index in [1.165, 1.54) is 13.3 Å². The fourth-order valence-corrected chi connectivity index (χ4v) is 2.26. The predicted molar refractivity (Wildman–Crippen MR) is 79.9 cm³/mol. The van der Waals surface area contributed by atoms with Crippen molar-refractivity contribution in [1.82, 2.24) is 4.57 Å². The first-order valence-corrected chi connectivity index (χ1v) is 6.51. The summed E-state index contributed by atoms with van der Waals surface area (Å²) in [5.74, 6) is -0.167. The van der Waals surface area contributed by atoms with Crippen LogP contribution in [0.5, 0.6) is 0 Å². The van der Waals surface area contributed by atoms with Crippen molar-refractivity contribution < 1.29 is 9.63 Å². The molecule has 104 valence electrons. The van der Waals surface area contributed by atoms with Crippen molar-refractivity contribution in [2.75, 3.05) is 7.11 Å². The third-order valence-electron chi connectivity index (χ3n) is 2.77. The lowest BCUT2D eigenvalue weighted by Crippen LogP contribution is -2.00. The van der Waals surface area contributed by atoms with Crippen LogP contribution in [0, 0.1) is 0 Å². The molecular weight excluding hydrogens is 299 g/mol. The zero-order chi connectivity index (χ0) is 14.7. The van der Waals surface area contributed by atoms with E-state index in [-0.39, 0.29) is 5.78 Å². The summed E-state index contributed by atoms with van der Waals surface area (Å²) in [6, 6.07) is 6.52. The summed E-state index contributed by atoms with van der Waals surface area (Å²) in [6.07, 6.45) is 3.24. The molecule has 0 aliphatic heterocycles. The van der Waals surface area contributed by atoms with Crippen molar-refractivity contribution in [2.24, 2.45) is 12.2 Å². The smallest absolute Gasteiger partial charge is 0.196 e. The molecule has 20 heavy (non-hydrogen) atoms. The van der Waals surface area contributed by atoms with Gasteiger partial charge < -0.3 is 9.40 Å². The van der Waals surface area contributed by atoms with Gasteiger partial charge in [-0.1, -0.05) is 28.4 Å². The van der Waals surface area contributed by atoms with E-state index in [4.69, 9.17) is 23.2 Å². The van der Waals surface area contributed by atoms with Crippen molar-refractivity contribution in [3.8, 4) is 0 Å². The second kappa shape index (κ2) is 6.11. The van der Waals surface area contributed by atoms with Crippen LogP contribution in [-0.4, -0.2) is 23.7 Å². The highest BCUT2D eigenvalue weighted by atomic mass is 35.5. The van der Waals surface area contributed by atoms with Gasteiger partial charge >= 0.3 is 0 Å². The van der Waals surface area contributed by atoms with Gasteiger partial charge in [0.1, 0.15) is 7.11 Å². The molecule has 0 aliphatic carbocycles. The number of ketones is 1. The van der Waals surface area contributed by atoms with E-state index in [0.717, 1.165) is 5.69 Å². The van der Waals surface area contributed by atoms with E-state index in [0.29, 0.717) is 21.2 Å². The van der Waals surface area contributed by atoms with Crippen LogP contribution in [0.1, 0.15) is 21.6 Å². The number of rotatable bonds is 4. The van der Waals surface area contributed by atoms with Crippen molar-refractivity contribution in [1.29, 1.82) is 0 Å². The normalized spacial score (nSPS) is 11.0. The molecule has 0 bridgehead atoms. The van der Waals surface area contributed by atoms with Crippen LogP contribution in [0.3, 0.4) is 0 Å². The van der Waals surface area contributed by atoms with Gasteiger partial charge in [-0.15, -0.1) is 0 Å². The molecule has 0 atom stereocenters. The van der Waals surface area contributed by atoms with E-state index < -0.39 is 0 Å². The van der Waals surface area contributed by atoms with Crippen LogP contribution in [0.25, 0.3) is 0 Å². The number of benzene rings is 1. The highest BCUT2D eigenvalue weighted by Gasteiger charge is 2.15. The summed E-state index contributed by atoms with van der Waals surface area (Å²) in [4.78, 5) is 17.0. The Labute approximate surface area is 126 Å². The standard InChI is InChI=1S/C14H12Cl2N2O2/c1-18-8-9(5-11(18)7-17-20-2)14(19)12-4-3-10(15)6-13(12)16/h3-8H,1-2H3/b17-7-. The summed E-state index contributed by atoms with van der Waals surface area (Å²) in [5.41, 5.74) is 1.69. The Balaban J connectivity index is 2.36. The Morgan fingerprint density at radius 1 is 1.35 bits per heavy atom. The average molecular weight is 311 g/mol. The van der Waals surface area contributed by atoms with Crippen LogP contribution in [0.2, 0.25) is 10.0 Å². The molecular formula is C14H12Cl2N2O2. The first-order valence-electron chi connectivity index (χ1n) is 5.75. The molecule has 1 aromatic carbocycles. The lowest BCUT2D eigenvalue weighted by molar-refractivity contribution is 0.103. The predicted octanol–water partition coefficient (Wildman–Crippen LogP) is 3.54. The number of hydrogen-bond donors (Lipinski definition) is 0.